The van der Waals surface area contributed by atoms with Crippen LogP contribution in [-0.2, 0) is 14.2 Å². The monoisotopic (exact) mass is 650 g/mol. The van der Waals surface area contributed by atoms with Crippen LogP contribution < -0.4 is 0 Å². The Morgan fingerprint density at radius 2 is 0.838 bits per heavy atom. The van der Waals surface area contributed by atoms with Crippen molar-refractivity contribution in [3.05, 3.63) is 0 Å². The predicted molar refractivity (Wildman–Crippen MR) is 167 cm³/mol. The molecule has 0 spiro atoms. The molecule has 5 heteroatoms. The largest absolute Gasteiger partial charge is 0.376 e. The summed E-state index contributed by atoms with van der Waals surface area (Å²) in [5, 5.41) is 2.31. The highest BCUT2D eigenvalue weighted by molar-refractivity contribution is 9.09. The fraction of sp³-hybridized carbons (Fsp3) is 1.00. The molecule has 4 unspecified atom stereocenters. The van der Waals surface area contributed by atoms with Gasteiger partial charge in [-0.15, -0.1) is 0 Å². The normalized spacial score (nSPS) is 22.2. The molecule has 0 aliphatic carbocycles. The third kappa shape index (κ3) is 17.3. The van der Waals surface area contributed by atoms with Gasteiger partial charge < -0.3 is 14.2 Å². The summed E-state index contributed by atoms with van der Waals surface area (Å²) in [5.41, 5.74) is 0. The molecule has 3 nitrogen and oxygen atoms in total. The molecule has 0 amide bonds. The van der Waals surface area contributed by atoms with Crippen LogP contribution in [0.25, 0.3) is 0 Å². The van der Waals surface area contributed by atoms with E-state index in [0.717, 1.165) is 36.7 Å². The van der Waals surface area contributed by atoms with Gasteiger partial charge in [-0.1, -0.05) is 122 Å². The molecule has 0 saturated carbocycles. The zero-order chi connectivity index (χ0) is 26.2. The molecule has 2 heterocycles. The van der Waals surface area contributed by atoms with Crippen molar-refractivity contribution in [3.63, 3.8) is 0 Å². The van der Waals surface area contributed by atoms with E-state index in [-0.39, 0.29) is 12.2 Å². The maximum Gasteiger partial charge on any atom is 0.0841 e. The van der Waals surface area contributed by atoms with Gasteiger partial charge in [0.1, 0.15) is 0 Å². The molecule has 0 bridgehead atoms. The molecule has 0 radical (unpaired) electrons. The van der Waals surface area contributed by atoms with E-state index in [2.05, 4.69) is 31.9 Å². The molecule has 2 fully saturated rings. The first kappa shape index (κ1) is 34.0. The van der Waals surface area contributed by atoms with Gasteiger partial charge in [0.25, 0.3) is 0 Å². The minimum atomic E-state index is 0.254. The van der Waals surface area contributed by atoms with E-state index < -0.39 is 0 Å². The third-order valence-electron chi connectivity index (χ3n) is 8.35. The second kappa shape index (κ2) is 24.6. The number of hydrogen-bond donors (Lipinski definition) is 0. The first-order chi connectivity index (χ1) is 18.3. The van der Waals surface area contributed by atoms with E-state index in [9.17, 15) is 0 Å². The van der Waals surface area contributed by atoms with Crippen molar-refractivity contribution in [1.82, 2.24) is 0 Å². The molecule has 2 aliphatic heterocycles. The number of alkyl halides is 2. The first-order valence-corrected chi connectivity index (χ1v) is 18.6. The maximum atomic E-state index is 7.01. The molecule has 4 atom stereocenters. The van der Waals surface area contributed by atoms with Crippen LogP contribution in [0.5, 0.6) is 0 Å². The summed E-state index contributed by atoms with van der Waals surface area (Å²) < 4.78 is 19.6. The van der Waals surface area contributed by atoms with Gasteiger partial charge in [-0.2, -0.15) is 0 Å². The Kier molecular flexibility index (Phi) is 22.7. The topological polar surface area (TPSA) is 27.7 Å². The SMILES string of the molecule is BrCCCCCCCCCCC(OC(CCCCCCCCCCBr)C1CCCCO1)C1CCCCO1. The van der Waals surface area contributed by atoms with Crippen LogP contribution in [0.2, 0.25) is 0 Å². The second-order valence-electron chi connectivity index (χ2n) is 11.6. The quantitative estimate of drug-likeness (QED) is 0.0767. The van der Waals surface area contributed by atoms with E-state index in [1.807, 2.05) is 0 Å². The third-order valence-corrected chi connectivity index (χ3v) is 9.47. The maximum absolute atomic E-state index is 7.01. The van der Waals surface area contributed by atoms with Crippen LogP contribution in [0.3, 0.4) is 0 Å². The molecule has 220 valence electrons. The second-order valence-corrected chi connectivity index (χ2v) is 13.2. The number of halogens is 2. The average molecular weight is 653 g/mol. The number of hydrogen-bond acceptors (Lipinski definition) is 3. The van der Waals surface area contributed by atoms with Crippen molar-refractivity contribution in [3.8, 4) is 0 Å². The summed E-state index contributed by atoms with van der Waals surface area (Å²) in [5.74, 6) is 0. The Labute approximate surface area is 247 Å². The minimum absolute atomic E-state index is 0.254. The van der Waals surface area contributed by atoms with E-state index in [1.54, 1.807) is 0 Å². The first-order valence-electron chi connectivity index (χ1n) is 16.4. The summed E-state index contributed by atoms with van der Waals surface area (Å²) in [7, 11) is 0. The highest BCUT2D eigenvalue weighted by Crippen LogP contribution is 2.29. The van der Waals surface area contributed by atoms with E-state index in [0.29, 0.717) is 12.2 Å². The lowest BCUT2D eigenvalue weighted by molar-refractivity contribution is -0.163. The zero-order valence-electron chi connectivity index (χ0n) is 24.1. The lowest BCUT2D eigenvalue weighted by atomic mass is 9.96. The van der Waals surface area contributed by atoms with Crippen molar-refractivity contribution < 1.29 is 14.2 Å². The van der Waals surface area contributed by atoms with Gasteiger partial charge in [0, 0.05) is 23.9 Å². The lowest BCUT2D eigenvalue weighted by Gasteiger charge is -2.37. The highest BCUT2D eigenvalue weighted by Gasteiger charge is 2.32. The van der Waals surface area contributed by atoms with Crippen LogP contribution in [0.1, 0.15) is 154 Å². The Balaban J connectivity index is 1.75. The molecule has 0 aromatic carbocycles. The van der Waals surface area contributed by atoms with Gasteiger partial charge in [0.05, 0.1) is 24.4 Å². The van der Waals surface area contributed by atoms with Crippen LogP contribution >= 0.6 is 31.9 Å². The van der Waals surface area contributed by atoms with Crippen molar-refractivity contribution >= 4 is 31.9 Å². The summed E-state index contributed by atoms with van der Waals surface area (Å²) >= 11 is 7.09. The van der Waals surface area contributed by atoms with Gasteiger partial charge in [-0.25, -0.2) is 0 Å². The number of rotatable bonds is 24. The summed E-state index contributed by atoms with van der Waals surface area (Å²) in [6, 6.07) is 0. The van der Waals surface area contributed by atoms with Crippen LogP contribution in [-0.4, -0.2) is 48.3 Å². The van der Waals surface area contributed by atoms with Crippen LogP contribution in [0, 0.1) is 0 Å². The predicted octanol–water partition coefficient (Wildman–Crippen LogP) is 10.7. The van der Waals surface area contributed by atoms with E-state index in [4.69, 9.17) is 14.2 Å². The van der Waals surface area contributed by atoms with Gasteiger partial charge >= 0.3 is 0 Å². The van der Waals surface area contributed by atoms with Gasteiger partial charge in [0.2, 0.25) is 0 Å². The van der Waals surface area contributed by atoms with Crippen molar-refractivity contribution in [2.75, 3.05) is 23.9 Å². The molecular formula is C32H60Br2O3. The summed E-state index contributed by atoms with van der Waals surface area (Å²) in [6.45, 7) is 1.83. The van der Waals surface area contributed by atoms with Crippen LogP contribution in [0.15, 0.2) is 0 Å². The Morgan fingerprint density at radius 1 is 0.486 bits per heavy atom. The van der Waals surface area contributed by atoms with Gasteiger partial charge in [0.15, 0.2) is 0 Å². The summed E-state index contributed by atoms with van der Waals surface area (Å²) in [6.07, 6.45) is 32.5. The Morgan fingerprint density at radius 3 is 1.16 bits per heavy atom. The van der Waals surface area contributed by atoms with Crippen molar-refractivity contribution in [1.29, 1.82) is 0 Å². The van der Waals surface area contributed by atoms with Crippen molar-refractivity contribution in [2.24, 2.45) is 0 Å². The van der Waals surface area contributed by atoms with Gasteiger partial charge in [-0.05, 0) is 64.2 Å². The summed E-state index contributed by atoms with van der Waals surface area (Å²) in [4.78, 5) is 0. The number of ether oxygens (including phenoxy) is 3. The van der Waals surface area contributed by atoms with E-state index in [1.165, 1.54) is 141 Å². The molecular weight excluding hydrogens is 592 g/mol. The number of unbranched alkanes of at least 4 members (excludes halogenated alkanes) is 14. The van der Waals surface area contributed by atoms with Crippen molar-refractivity contribution in [2.45, 2.75) is 179 Å². The molecule has 0 N–H and O–H groups in total. The smallest absolute Gasteiger partial charge is 0.0841 e. The molecule has 2 rings (SSSR count). The molecule has 2 aliphatic rings. The fourth-order valence-electron chi connectivity index (χ4n) is 6.03. The zero-order valence-corrected chi connectivity index (χ0v) is 27.3. The fourth-order valence-corrected chi connectivity index (χ4v) is 6.82. The molecule has 2 saturated heterocycles. The van der Waals surface area contributed by atoms with Crippen LogP contribution in [0.4, 0.5) is 0 Å². The average Bonchev–Trinajstić information content (AvgIpc) is 2.94. The van der Waals surface area contributed by atoms with E-state index >= 15 is 0 Å². The molecule has 0 aromatic rings. The minimum Gasteiger partial charge on any atom is -0.376 e. The van der Waals surface area contributed by atoms with Gasteiger partial charge in [-0.3, -0.25) is 0 Å². The Bertz CT molecular complexity index is 439. The lowest BCUT2D eigenvalue weighted by Crippen LogP contribution is -2.42. The Hall–Kier alpha value is 0.840. The highest BCUT2D eigenvalue weighted by atomic mass is 79.9. The standard InChI is InChI=1S/C32H60Br2O3/c33-25-17-11-7-3-1-5-9-13-23-31(29-21-15-19-27-35-29)37-32(30-22-16-20-28-36-30)24-14-10-6-2-4-8-12-18-26-34/h29-32H,1-28H2. The molecule has 37 heavy (non-hydrogen) atoms. The molecule has 0 aromatic heterocycles.